The first kappa shape index (κ1) is 20.2. The van der Waals surface area contributed by atoms with Crippen molar-refractivity contribution < 1.29 is 9.53 Å². The Morgan fingerprint density at radius 1 is 1.39 bits per heavy atom. The number of nitrogens with zero attached hydrogens (tertiary/aromatic N) is 1. The summed E-state index contributed by atoms with van der Waals surface area (Å²) >= 11 is 12.2. The Bertz CT molecular complexity index is 469. The molecule has 1 N–H and O–H groups in total. The number of halogens is 2. The molecule has 0 aromatic rings. The highest BCUT2D eigenvalue weighted by Crippen LogP contribution is 2.24. The maximum Gasteiger partial charge on any atom is 0.252 e. The van der Waals surface area contributed by atoms with Gasteiger partial charge in [0, 0.05) is 30.7 Å². The standard InChI is InChI=1S/C17H26Cl2N2O2/c1-4-6-14(21-8-10-23-11-9-21)12-20-17(22)13(3)16(19)15(18)7-5-2/h4,6,14H,3,5,7-12H2,1-2H3,(H,20,22). The highest BCUT2D eigenvalue weighted by Gasteiger charge is 2.20. The van der Waals surface area contributed by atoms with Crippen LogP contribution in [0, 0.1) is 0 Å². The number of rotatable bonds is 8. The van der Waals surface area contributed by atoms with Gasteiger partial charge < -0.3 is 10.1 Å². The van der Waals surface area contributed by atoms with E-state index in [-0.39, 0.29) is 22.6 Å². The molecule has 0 bridgehead atoms. The lowest BCUT2D eigenvalue weighted by Gasteiger charge is -2.33. The van der Waals surface area contributed by atoms with Crippen molar-refractivity contribution in [1.82, 2.24) is 10.2 Å². The molecule has 1 aliphatic rings. The summed E-state index contributed by atoms with van der Waals surface area (Å²) in [6, 6.07) is 0.134. The molecule has 0 aromatic carbocycles. The number of carbonyl (C=O) groups excluding carboxylic acids is 1. The summed E-state index contributed by atoms with van der Waals surface area (Å²) in [5.74, 6) is -0.285. The summed E-state index contributed by atoms with van der Waals surface area (Å²) in [5, 5.41) is 3.62. The van der Waals surface area contributed by atoms with Gasteiger partial charge in [-0.25, -0.2) is 0 Å². The lowest BCUT2D eigenvalue weighted by molar-refractivity contribution is -0.117. The first-order valence-electron chi connectivity index (χ1n) is 7.97. The van der Waals surface area contributed by atoms with E-state index in [2.05, 4.69) is 22.9 Å². The van der Waals surface area contributed by atoms with Crippen LogP contribution in [-0.4, -0.2) is 49.7 Å². The topological polar surface area (TPSA) is 41.6 Å². The number of ether oxygens (including phenoxy) is 1. The zero-order valence-electron chi connectivity index (χ0n) is 13.9. The third-order valence-corrected chi connectivity index (χ3v) is 4.58. The van der Waals surface area contributed by atoms with Crippen LogP contribution in [-0.2, 0) is 9.53 Å². The minimum Gasteiger partial charge on any atom is -0.379 e. The molecule has 130 valence electrons. The lowest BCUT2D eigenvalue weighted by Crippen LogP contribution is -2.48. The smallest absolute Gasteiger partial charge is 0.252 e. The number of allylic oxidation sites excluding steroid dienone is 2. The van der Waals surface area contributed by atoms with Crippen molar-refractivity contribution in [1.29, 1.82) is 0 Å². The van der Waals surface area contributed by atoms with Crippen molar-refractivity contribution in [3.05, 3.63) is 34.4 Å². The molecule has 23 heavy (non-hydrogen) atoms. The Kier molecular flexibility index (Phi) is 9.56. The fourth-order valence-corrected chi connectivity index (χ4v) is 2.83. The third-order valence-electron chi connectivity index (χ3n) is 3.65. The largest absolute Gasteiger partial charge is 0.379 e. The summed E-state index contributed by atoms with van der Waals surface area (Å²) in [5.41, 5.74) is 0.214. The molecule has 1 fully saturated rings. The summed E-state index contributed by atoms with van der Waals surface area (Å²) in [6.07, 6.45) is 5.58. The second-order valence-electron chi connectivity index (χ2n) is 5.40. The first-order chi connectivity index (χ1) is 11.0. The van der Waals surface area contributed by atoms with Crippen molar-refractivity contribution in [2.75, 3.05) is 32.8 Å². The minimum atomic E-state index is -0.285. The molecule has 1 heterocycles. The van der Waals surface area contributed by atoms with Crippen molar-refractivity contribution in [3.8, 4) is 0 Å². The molecular weight excluding hydrogens is 335 g/mol. The van der Waals surface area contributed by atoms with Gasteiger partial charge in [0.2, 0.25) is 0 Å². The maximum atomic E-state index is 12.2. The van der Waals surface area contributed by atoms with E-state index in [0.717, 1.165) is 32.7 Å². The molecular formula is C17H26Cl2N2O2. The molecule has 1 saturated heterocycles. The Morgan fingerprint density at radius 2 is 2.04 bits per heavy atom. The van der Waals surface area contributed by atoms with Crippen LogP contribution in [0.1, 0.15) is 26.7 Å². The van der Waals surface area contributed by atoms with Gasteiger partial charge in [-0.3, -0.25) is 9.69 Å². The summed E-state index contributed by atoms with van der Waals surface area (Å²) in [6.45, 7) is 11.4. The number of amides is 1. The minimum absolute atomic E-state index is 0.134. The summed E-state index contributed by atoms with van der Waals surface area (Å²) < 4.78 is 5.37. The van der Waals surface area contributed by atoms with Crippen LogP contribution in [0.3, 0.4) is 0 Å². The molecule has 0 saturated carbocycles. The Morgan fingerprint density at radius 3 is 2.61 bits per heavy atom. The fourth-order valence-electron chi connectivity index (χ4n) is 2.35. The van der Waals surface area contributed by atoms with Crippen molar-refractivity contribution in [2.24, 2.45) is 0 Å². The first-order valence-corrected chi connectivity index (χ1v) is 8.73. The molecule has 0 aliphatic carbocycles. The zero-order valence-corrected chi connectivity index (χ0v) is 15.4. The van der Waals surface area contributed by atoms with Gasteiger partial charge in [-0.2, -0.15) is 0 Å². The fraction of sp³-hybridized carbons (Fsp3) is 0.588. The van der Waals surface area contributed by atoms with Crippen LogP contribution in [0.2, 0.25) is 0 Å². The molecule has 4 nitrogen and oxygen atoms in total. The van der Waals surface area contributed by atoms with Gasteiger partial charge in [-0.15, -0.1) is 0 Å². The number of carbonyl (C=O) groups is 1. The van der Waals surface area contributed by atoms with E-state index in [0.29, 0.717) is 18.0 Å². The summed E-state index contributed by atoms with van der Waals surface area (Å²) in [7, 11) is 0. The predicted molar refractivity (Wildman–Crippen MR) is 96.8 cm³/mol. The quantitative estimate of drug-likeness (QED) is 0.409. The van der Waals surface area contributed by atoms with E-state index in [4.69, 9.17) is 27.9 Å². The van der Waals surface area contributed by atoms with Gasteiger partial charge in [-0.05, 0) is 13.3 Å². The second-order valence-corrected chi connectivity index (χ2v) is 6.23. The van der Waals surface area contributed by atoms with E-state index >= 15 is 0 Å². The number of nitrogens with one attached hydrogen (secondary N) is 1. The number of hydrogen-bond acceptors (Lipinski definition) is 3. The molecule has 1 atom stereocenters. The molecule has 0 radical (unpaired) electrons. The summed E-state index contributed by atoms with van der Waals surface area (Å²) in [4.78, 5) is 14.5. The van der Waals surface area contributed by atoms with E-state index in [1.165, 1.54) is 0 Å². The second kappa shape index (κ2) is 10.9. The Hall–Kier alpha value is -0.810. The van der Waals surface area contributed by atoms with Gasteiger partial charge >= 0.3 is 0 Å². The van der Waals surface area contributed by atoms with Crippen LogP contribution in [0.15, 0.2) is 34.4 Å². The highest BCUT2D eigenvalue weighted by atomic mass is 35.5. The van der Waals surface area contributed by atoms with Crippen LogP contribution in [0.5, 0.6) is 0 Å². The third kappa shape index (κ3) is 6.68. The molecule has 1 unspecified atom stereocenters. The molecule has 1 amide bonds. The van der Waals surface area contributed by atoms with Gasteiger partial charge in [0.05, 0.1) is 23.8 Å². The monoisotopic (exact) mass is 360 g/mol. The van der Waals surface area contributed by atoms with Crippen molar-refractivity contribution in [2.45, 2.75) is 32.7 Å². The molecule has 1 rings (SSSR count). The van der Waals surface area contributed by atoms with Gasteiger partial charge in [-0.1, -0.05) is 55.3 Å². The molecule has 6 heteroatoms. The predicted octanol–water partition coefficient (Wildman–Crippen LogP) is 3.43. The lowest BCUT2D eigenvalue weighted by atomic mass is 10.2. The van der Waals surface area contributed by atoms with E-state index in [1.54, 1.807) is 0 Å². The van der Waals surface area contributed by atoms with E-state index in [9.17, 15) is 4.79 Å². The maximum absolute atomic E-state index is 12.2. The molecule has 1 aliphatic heterocycles. The van der Waals surface area contributed by atoms with Gasteiger partial charge in [0.25, 0.3) is 5.91 Å². The van der Waals surface area contributed by atoms with E-state index in [1.807, 2.05) is 19.9 Å². The number of hydrogen-bond donors (Lipinski definition) is 1. The molecule has 0 spiro atoms. The van der Waals surface area contributed by atoms with Gasteiger partial charge in [0.1, 0.15) is 0 Å². The highest BCUT2D eigenvalue weighted by molar-refractivity contribution is 6.42. The zero-order chi connectivity index (χ0) is 17.2. The average Bonchev–Trinajstić information content (AvgIpc) is 2.57. The Labute approximate surface area is 149 Å². The SMILES string of the molecule is C=C(C(=O)NCC(C=CC)N1CCOCC1)C(Cl)=C(Cl)CCC. The van der Waals surface area contributed by atoms with Gasteiger partial charge in [0.15, 0.2) is 0 Å². The van der Waals surface area contributed by atoms with Crippen molar-refractivity contribution >= 4 is 29.1 Å². The molecule has 0 aromatic heterocycles. The van der Waals surface area contributed by atoms with Crippen LogP contribution >= 0.6 is 23.2 Å². The number of morpholine rings is 1. The van der Waals surface area contributed by atoms with E-state index < -0.39 is 0 Å². The average molecular weight is 361 g/mol. The Balaban J connectivity index is 2.61. The van der Waals surface area contributed by atoms with Crippen LogP contribution in [0.4, 0.5) is 0 Å². The van der Waals surface area contributed by atoms with Crippen LogP contribution in [0.25, 0.3) is 0 Å². The normalized spacial score (nSPS) is 18.6. The van der Waals surface area contributed by atoms with Crippen LogP contribution < -0.4 is 5.32 Å². The van der Waals surface area contributed by atoms with Crippen molar-refractivity contribution in [3.63, 3.8) is 0 Å².